The first-order valence-corrected chi connectivity index (χ1v) is 7.86. The molecule has 0 aliphatic heterocycles. The predicted molar refractivity (Wildman–Crippen MR) is 79.2 cm³/mol. The zero-order valence-electron chi connectivity index (χ0n) is 12.3. The summed E-state index contributed by atoms with van der Waals surface area (Å²) in [5, 5.41) is 13.5. The molecule has 8 heteroatoms. The molecule has 0 bridgehead atoms. The number of nitrogens with one attached hydrogen (secondary N) is 1. The molecule has 1 aliphatic rings. The number of nitrogens with zero attached hydrogens (tertiary/aromatic N) is 2. The summed E-state index contributed by atoms with van der Waals surface area (Å²) in [6.07, 6.45) is 3.03. The van der Waals surface area contributed by atoms with Gasteiger partial charge in [0, 0.05) is 11.1 Å². The summed E-state index contributed by atoms with van der Waals surface area (Å²) in [7, 11) is 0. The van der Waals surface area contributed by atoms with Gasteiger partial charge in [0.1, 0.15) is 12.1 Å². The Kier molecular flexibility index (Phi) is 4.98. The van der Waals surface area contributed by atoms with Gasteiger partial charge in [-0.2, -0.15) is 5.26 Å². The number of esters is 1. The van der Waals surface area contributed by atoms with Crippen LogP contribution in [0.2, 0.25) is 0 Å². The van der Waals surface area contributed by atoms with E-state index in [4.69, 9.17) is 10.00 Å². The highest BCUT2D eigenvalue weighted by atomic mass is 32.1. The summed E-state index contributed by atoms with van der Waals surface area (Å²) >= 11 is 1.01. The second kappa shape index (κ2) is 6.75. The summed E-state index contributed by atoms with van der Waals surface area (Å²) in [5.74, 6) is -1.15. The molecule has 0 radical (unpaired) electrons. The van der Waals surface area contributed by atoms with Gasteiger partial charge in [0.15, 0.2) is 6.61 Å². The molecule has 22 heavy (non-hydrogen) atoms. The lowest BCUT2D eigenvalue weighted by Gasteiger charge is -2.21. The summed E-state index contributed by atoms with van der Waals surface area (Å²) in [5.41, 5.74) is -0.157. The fourth-order valence-electron chi connectivity index (χ4n) is 2.46. The molecule has 1 aromatic rings. The Morgan fingerprint density at radius 3 is 2.73 bits per heavy atom. The van der Waals surface area contributed by atoms with Crippen LogP contribution < -0.4 is 10.2 Å². The molecule has 1 N–H and O–H groups in total. The van der Waals surface area contributed by atoms with Crippen molar-refractivity contribution in [2.24, 2.45) is 0 Å². The molecule has 0 spiro atoms. The Labute approximate surface area is 131 Å². The first-order valence-electron chi connectivity index (χ1n) is 6.98. The minimum absolute atomic E-state index is 0.217. The fourth-order valence-corrected chi connectivity index (χ4v) is 3.20. The predicted octanol–water partition coefficient (Wildman–Crippen LogP) is 0.714. The number of nitriles is 1. The number of hydrogen-bond acceptors (Lipinski definition) is 6. The van der Waals surface area contributed by atoms with Crippen molar-refractivity contribution in [1.82, 2.24) is 9.88 Å². The van der Waals surface area contributed by atoms with Crippen molar-refractivity contribution in [1.29, 1.82) is 5.26 Å². The van der Waals surface area contributed by atoms with Crippen LogP contribution in [0.25, 0.3) is 0 Å². The lowest BCUT2D eigenvalue weighted by Crippen LogP contribution is -2.46. The van der Waals surface area contributed by atoms with Gasteiger partial charge in [0.05, 0.1) is 6.07 Å². The van der Waals surface area contributed by atoms with Crippen LogP contribution in [0, 0.1) is 18.3 Å². The van der Waals surface area contributed by atoms with Crippen molar-refractivity contribution in [3.8, 4) is 6.07 Å². The summed E-state index contributed by atoms with van der Waals surface area (Å²) in [6, 6.07) is 2.13. The van der Waals surface area contributed by atoms with E-state index in [2.05, 4.69) is 11.4 Å². The quantitative estimate of drug-likeness (QED) is 0.804. The molecule has 1 heterocycles. The molecule has 2 rings (SSSR count). The molecular weight excluding hydrogens is 306 g/mol. The number of thiazole rings is 1. The second-order valence-electron chi connectivity index (χ2n) is 5.34. The first-order chi connectivity index (χ1) is 10.5. The maximum atomic E-state index is 11.8. The number of rotatable bonds is 5. The van der Waals surface area contributed by atoms with Crippen molar-refractivity contribution < 1.29 is 14.3 Å². The molecular formula is C14H17N3O4S. The topological polar surface area (TPSA) is 101 Å². The zero-order chi connectivity index (χ0) is 16.2. The molecule has 1 aromatic heterocycles. The lowest BCUT2D eigenvalue weighted by molar-refractivity contribution is -0.149. The van der Waals surface area contributed by atoms with E-state index in [1.807, 2.05) is 0 Å². The van der Waals surface area contributed by atoms with Crippen LogP contribution in [0.1, 0.15) is 31.4 Å². The number of ether oxygens (including phenoxy) is 1. The number of aromatic nitrogens is 1. The van der Waals surface area contributed by atoms with Gasteiger partial charge in [-0.15, -0.1) is 0 Å². The van der Waals surface area contributed by atoms with E-state index >= 15 is 0 Å². The maximum Gasteiger partial charge on any atom is 0.326 e. The minimum atomic E-state index is -0.829. The molecule has 1 fully saturated rings. The molecule has 0 unspecified atom stereocenters. The number of amides is 1. The molecule has 0 aromatic carbocycles. The van der Waals surface area contributed by atoms with Gasteiger partial charge in [0.2, 0.25) is 0 Å². The molecule has 0 atom stereocenters. The smallest absolute Gasteiger partial charge is 0.326 e. The molecule has 1 saturated carbocycles. The van der Waals surface area contributed by atoms with Crippen LogP contribution >= 0.6 is 11.3 Å². The maximum absolute atomic E-state index is 11.8. The Bertz CT molecular complexity index is 664. The highest BCUT2D eigenvalue weighted by molar-refractivity contribution is 7.07. The minimum Gasteiger partial charge on any atom is -0.454 e. The average Bonchev–Trinajstić information content (AvgIpc) is 3.08. The van der Waals surface area contributed by atoms with Gasteiger partial charge in [-0.1, -0.05) is 11.3 Å². The van der Waals surface area contributed by atoms with E-state index in [9.17, 15) is 14.4 Å². The Balaban J connectivity index is 1.82. The standard InChI is InChI=1S/C14H17N3O4S/c1-10-8-22-13(20)17(10)6-12(19)21-7-11(18)16-14(9-15)4-2-3-5-14/h8H,2-7H2,1H3,(H,16,18). The number of hydrogen-bond donors (Lipinski definition) is 1. The van der Waals surface area contributed by atoms with Crippen LogP contribution in [-0.2, 0) is 20.9 Å². The van der Waals surface area contributed by atoms with Crippen LogP contribution in [0.3, 0.4) is 0 Å². The van der Waals surface area contributed by atoms with Gasteiger partial charge in [-0.3, -0.25) is 19.0 Å². The number of carbonyl (C=O) groups is 2. The lowest BCUT2D eigenvalue weighted by atomic mass is 10.00. The largest absolute Gasteiger partial charge is 0.454 e. The first kappa shape index (κ1) is 16.2. The van der Waals surface area contributed by atoms with Gasteiger partial charge >= 0.3 is 10.8 Å². The van der Waals surface area contributed by atoms with Crippen molar-refractivity contribution in [2.75, 3.05) is 6.61 Å². The average molecular weight is 323 g/mol. The molecule has 7 nitrogen and oxygen atoms in total. The van der Waals surface area contributed by atoms with E-state index in [-0.39, 0.29) is 11.4 Å². The summed E-state index contributed by atoms with van der Waals surface area (Å²) < 4.78 is 6.16. The van der Waals surface area contributed by atoms with Gasteiger partial charge in [-0.05, 0) is 32.6 Å². The van der Waals surface area contributed by atoms with Crippen LogP contribution in [-0.4, -0.2) is 28.6 Å². The van der Waals surface area contributed by atoms with Crippen LogP contribution in [0.5, 0.6) is 0 Å². The van der Waals surface area contributed by atoms with Gasteiger partial charge in [0.25, 0.3) is 5.91 Å². The Hall–Kier alpha value is -2.14. The highest BCUT2D eigenvalue weighted by Gasteiger charge is 2.35. The number of carbonyl (C=O) groups excluding carboxylic acids is 2. The van der Waals surface area contributed by atoms with E-state index in [1.165, 1.54) is 4.57 Å². The third-order valence-corrected chi connectivity index (χ3v) is 4.56. The second-order valence-corrected chi connectivity index (χ2v) is 6.16. The highest BCUT2D eigenvalue weighted by Crippen LogP contribution is 2.28. The molecule has 1 aliphatic carbocycles. The molecule has 1 amide bonds. The SMILES string of the molecule is Cc1csc(=O)n1CC(=O)OCC(=O)NC1(C#N)CCCC1. The Morgan fingerprint density at radius 1 is 1.50 bits per heavy atom. The van der Waals surface area contributed by atoms with Crippen molar-refractivity contribution in [2.45, 2.75) is 44.7 Å². The van der Waals surface area contributed by atoms with Gasteiger partial charge < -0.3 is 10.1 Å². The number of aryl methyl sites for hydroxylation is 1. The summed E-state index contributed by atoms with van der Waals surface area (Å²) in [6.45, 7) is 1.06. The van der Waals surface area contributed by atoms with Crippen molar-refractivity contribution >= 4 is 23.2 Å². The zero-order valence-corrected chi connectivity index (χ0v) is 13.1. The fraction of sp³-hybridized carbons (Fsp3) is 0.571. The van der Waals surface area contributed by atoms with Crippen molar-refractivity contribution in [3.63, 3.8) is 0 Å². The summed E-state index contributed by atoms with van der Waals surface area (Å²) in [4.78, 5) is 34.7. The van der Waals surface area contributed by atoms with E-state index in [0.29, 0.717) is 18.5 Å². The third-order valence-electron chi connectivity index (χ3n) is 3.68. The third kappa shape index (κ3) is 3.74. The monoisotopic (exact) mass is 323 g/mol. The van der Waals surface area contributed by atoms with E-state index < -0.39 is 24.0 Å². The normalized spacial score (nSPS) is 16.0. The Morgan fingerprint density at radius 2 is 2.18 bits per heavy atom. The molecule has 0 saturated heterocycles. The van der Waals surface area contributed by atoms with Gasteiger partial charge in [-0.25, -0.2) is 0 Å². The van der Waals surface area contributed by atoms with Crippen LogP contribution in [0.4, 0.5) is 0 Å². The van der Waals surface area contributed by atoms with E-state index in [1.54, 1.807) is 12.3 Å². The van der Waals surface area contributed by atoms with Crippen molar-refractivity contribution in [3.05, 3.63) is 20.7 Å². The van der Waals surface area contributed by atoms with E-state index in [0.717, 1.165) is 24.2 Å². The molecule has 118 valence electrons. The van der Waals surface area contributed by atoms with Crippen LogP contribution in [0.15, 0.2) is 10.2 Å².